The second-order valence-electron chi connectivity index (χ2n) is 10.5. The summed E-state index contributed by atoms with van der Waals surface area (Å²) in [6.07, 6.45) is 7.01. The van der Waals surface area contributed by atoms with Crippen LogP contribution in [-0.4, -0.2) is 44.0 Å². The first-order valence-electron chi connectivity index (χ1n) is 15.5. The van der Waals surface area contributed by atoms with Gasteiger partial charge in [-0.2, -0.15) is 0 Å². The number of nitrogens with zero attached hydrogens (tertiary/aromatic N) is 1. The molecular weight excluding hydrogens is 522 g/mol. The van der Waals surface area contributed by atoms with E-state index in [9.17, 15) is 9.59 Å². The van der Waals surface area contributed by atoms with Gasteiger partial charge < -0.3 is 25.1 Å². The maximum absolute atomic E-state index is 12.6. The minimum absolute atomic E-state index is 0.0664. The van der Waals surface area contributed by atoms with E-state index < -0.39 is 0 Å². The van der Waals surface area contributed by atoms with Crippen LogP contribution < -0.4 is 15.4 Å². The summed E-state index contributed by atoms with van der Waals surface area (Å²) >= 11 is 0. The summed E-state index contributed by atoms with van der Waals surface area (Å²) in [6.45, 7) is 11.1. The topological polar surface area (TPSA) is 70.7 Å². The predicted octanol–water partition coefficient (Wildman–Crippen LogP) is 8.30. The normalized spacial score (nSPS) is 14.6. The SMILES string of the molecule is CC.CCCC1(C=O)CCN(CCC(NC(=O)Nc2ccccc2)c2ccccc2)CC1.CCc1ccc(OC)cc1. The van der Waals surface area contributed by atoms with E-state index in [4.69, 9.17) is 4.74 Å². The van der Waals surface area contributed by atoms with Gasteiger partial charge in [-0.15, -0.1) is 0 Å². The smallest absolute Gasteiger partial charge is 0.319 e. The molecule has 3 aromatic rings. The van der Waals surface area contributed by atoms with Crippen LogP contribution >= 0.6 is 0 Å². The van der Waals surface area contributed by atoms with Crippen molar-refractivity contribution in [2.45, 2.75) is 72.3 Å². The molecule has 42 heavy (non-hydrogen) atoms. The summed E-state index contributed by atoms with van der Waals surface area (Å²) in [5.41, 5.74) is 3.10. The molecule has 4 rings (SSSR count). The highest BCUT2D eigenvalue weighted by Gasteiger charge is 2.33. The highest BCUT2D eigenvalue weighted by atomic mass is 16.5. The average Bonchev–Trinajstić information content (AvgIpc) is 3.06. The molecule has 6 heteroatoms. The van der Waals surface area contributed by atoms with Gasteiger partial charge in [0.1, 0.15) is 12.0 Å². The molecule has 2 N–H and O–H groups in total. The van der Waals surface area contributed by atoms with E-state index in [2.05, 4.69) is 53.6 Å². The van der Waals surface area contributed by atoms with Crippen molar-refractivity contribution in [3.63, 3.8) is 0 Å². The van der Waals surface area contributed by atoms with Gasteiger partial charge in [-0.3, -0.25) is 0 Å². The summed E-state index contributed by atoms with van der Waals surface area (Å²) in [6, 6.07) is 27.5. The van der Waals surface area contributed by atoms with E-state index in [1.54, 1.807) is 7.11 Å². The number of para-hydroxylation sites is 1. The van der Waals surface area contributed by atoms with Gasteiger partial charge in [0.25, 0.3) is 0 Å². The Labute approximate surface area is 253 Å². The molecule has 3 aromatic carbocycles. The van der Waals surface area contributed by atoms with E-state index >= 15 is 0 Å². The van der Waals surface area contributed by atoms with Crippen LogP contribution in [0.15, 0.2) is 84.9 Å². The van der Waals surface area contributed by atoms with E-state index in [1.165, 1.54) is 11.8 Å². The van der Waals surface area contributed by atoms with Crippen LogP contribution in [0, 0.1) is 5.41 Å². The number of amides is 2. The Morgan fingerprint density at radius 2 is 1.52 bits per heavy atom. The van der Waals surface area contributed by atoms with Gasteiger partial charge in [-0.05, 0) is 80.6 Å². The number of carbonyl (C=O) groups is 2. The van der Waals surface area contributed by atoms with Crippen LogP contribution in [0.1, 0.15) is 77.0 Å². The molecule has 1 saturated heterocycles. The number of anilines is 1. The fraction of sp³-hybridized carbons (Fsp3) is 0.444. The average molecular weight is 574 g/mol. The number of ether oxygens (including phenoxy) is 1. The van der Waals surface area contributed by atoms with E-state index in [-0.39, 0.29) is 17.5 Å². The lowest BCUT2D eigenvalue weighted by Gasteiger charge is -2.38. The molecule has 2 amide bonds. The molecule has 1 atom stereocenters. The first-order chi connectivity index (χ1) is 20.5. The number of piperidine rings is 1. The monoisotopic (exact) mass is 573 g/mol. The summed E-state index contributed by atoms with van der Waals surface area (Å²) in [4.78, 5) is 26.6. The van der Waals surface area contributed by atoms with Crippen molar-refractivity contribution < 1.29 is 14.3 Å². The van der Waals surface area contributed by atoms with Crippen molar-refractivity contribution in [3.8, 4) is 5.75 Å². The lowest BCUT2D eigenvalue weighted by atomic mass is 9.76. The van der Waals surface area contributed by atoms with Crippen LogP contribution in [0.25, 0.3) is 0 Å². The largest absolute Gasteiger partial charge is 0.497 e. The van der Waals surface area contributed by atoms with Crippen LogP contribution in [0.3, 0.4) is 0 Å². The number of likely N-dealkylation sites (tertiary alicyclic amines) is 1. The fourth-order valence-corrected chi connectivity index (χ4v) is 5.17. The molecule has 1 unspecified atom stereocenters. The van der Waals surface area contributed by atoms with Gasteiger partial charge in [-0.25, -0.2) is 4.79 Å². The zero-order valence-corrected chi connectivity index (χ0v) is 26.3. The summed E-state index contributed by atoms with van der Waals surface area (Å²) in [7, 11) is 1.68. The Morgan fingerprint density at radius 3 is 2.05 bits per heavy atom. The summed E-state index contributed by atoms with van der Waals surface area (Å²) in [5.74, 6) is 0.928. The third kappa shape index (κ3) is 11.7. The Hall–Kier alpha value is -3.64. The number of aryl methyl sites for hydroxylation is 1. The number of rotatable bonds is 11. The Kier molecular flexibility index (Phi) is 16.0. The third-order valence-corrected chi connectivity index (χ3v) is 7.69. The maximum Gasteiger partial charge on any atom is 0.319 e. The number of methoxy groups -OCH3 is 1. The standard InChI is InChI=1S/C25H33N3O2.C9H12O.C2H6/c1-2-14-25(20-29)15-18-28(19-16-25)17-13-23(21-9-5-3-6-10-21)27-24(30)26-22-11-7-4-8-12-22;1-3-8-4-6-9(10-2)7-5-8;1-2/h3-12,20,23H,2,13-19H2,1H3,(H2,26,27,30);4-7H,3H2,1-2H3;1-2H3. The first kappa shape index (κ1) is 34.6. The predicted molar refractivity (Wildman–Crippen MR) is 175 cm³/mol. The van der Waals surface area contributed by atoms with Crippen molar-refractivity contribution in [1.82, 2.24) is 10.2 Å². The van der Waals surface area contributed by atoms with Crippen molar-refractivity contribution in [3.05, 3.63) is 96.1 Å². The molecule has 0 aliphatic carbocycles. The lowest BCUT2D eigenvalue weighted by Crippen LogP contribution is -2.42. The lowest BCUT2D eigenvalue weighted by molar-refractivity contribution is -0.119. The molecule has 0 aromatic heterocycles. The molecule has 1 fully saturated rings. The number of benzene rings is 3. The summed E-state index contributed by atoms with van der Waals surface area (Å²) in [5, 5.41) is 6.05. The van der Waals surface area contributed by atoms with Crippen LogP contribution in [0.2, 0.25) is 0 Å². The molecular formula is C36H51N3O3. The zero-order valence-electron chi connectivity index (χ0n) is 26.3. The quantitative estimate of drug-likeness (QED) is 0.226. The molecule has 1 heterocycles. The highest BCUT2D eigenvalue weighted by molar-refractivity contribution is 5.89. The van der Waals surface area contributed by atoms with Gasteiger partial charge in [0.05, 0.1) is 13.2 Å². The van der Waals surface area contributed by atoms with Crippen LogP contribution in [0.5, 0.6) is 5.75 Å². The van der Waals surface area contributed by atoms with E-state index in [0.717, 1.165) is 75.2 Å². The molecule has 1 aliphatic rings. The minimum atomic E-state index is -0.198. The third-order valence-electron chi connectivity index (χ3n) is 7.69. The van der Waals surface area contributed by atoms with Gasteiger partial charge in [0.2, 0.25) is 0 Å². The van der Waals surface area contributed by atoms with Crippen molar-refractivity contribution >= 4 is 18.0 Å². The number of urea groups is 1. The van der Waals surface area contributed by atoms with Gasteiger partial charge >= 0.3 is 6.03 Å². The number of nitrogens with one attached hydrogen (secondary N) is 2. The number of hydrogen-bond donors (Lipinski definition) is 2. The first-order valence-corrected chi connectivity index (χ1v) is 15.5. The Balaban J connectivity index is 0.000000431. The van der Waals surface area contributed by atoms with Gasteiger partial charge in [0.15, 0.2) is 0 Å². The number of hydrogen-bond acceptors (Lipinski definition) is 4. The fourth-order valence-electron chi connectivity index (χ4n) is 5.17. The van der Waals surface area contributed by atoms with Crippen LogP contribution in [0.4, 0.5) is 10.5 Å². The molecule has 0 saturated carbocycles. The Bertz CT molecular complexity index is 1110. The zero-order chi connectivity index (χ0) is 30.6. The molecule has 0 spiro atoms. The van der Waals surface area contributed by atoms with E-state index in [1.807, 2.05) is 74.5 Å². The molecule has 0 bridgehead atoms. The number of aldehydes is 1. The number of carbonyl (C=O) groups excluding carboxylic acids is 2. The molecule has 228 valence electrons. The molecule has 1 aliphatic heterocycles. The minimum Gasteiger partial charge on any atom is -0.497 e. The van der Waals surface area contributed by atoms with Gasteiger partial charge in [0, 0.05) is 17.6 Å². The van der Waals surface area contributed by atoms with Crippen molar-refractivity contribution in [1.29, 1.82) is 0 Å². The summed E-state index contributed by atoms with van der Waals surface area (Å²) < 4.78 is 5.01. The maximum atomic E-state index is 12.6. The van der Waals surface area contributed by atoms with Crippen LogP contribution in [-0.2, 0) is 11.2 Å². The highest BCUT2D eigenvalue weighted by Crippen LogP contribution is 2.34. The van der Waals surface area contributed by atoms with Gasteiger partial charge in [-0.1, -0.05) is 94.8 Å². The second-order valence-corrected chi connectivity index (χ2v) is 10.5. The molecule has 0 radical (unpaired) electrons. The van der Waals surface area contributed by atoms with E-state index in [0.29, 0.717) is 0 Å². The Morgan fingerprint density at radius 1 is 0.929 bits per heavy atom. The van der Waals surface area contributed by atoms with Crippen molar-refractivity contribution in [2.75, 3.05) is 32.1 Å². The van der Waals surface area contributed by atoms with Crippen molar-refractivity contribution in [2.24, 2.45) is 5.41 Å². The molecule has 6 nitrogen and oxygen atoms in total. The second kappa shape index (κ2) is 19.5.